The van der Waals surface area contributed by atoms with Crippen LogP contribution in [-0.2, 0) is 9.47 Å². The van der Waals surface area contributed by atoms with E-state index in [-0.39, 0.29) is 41.8 Å². The molecule has 1 fully saturated rings. The first-order valence-electron chi connectivity index (χ1n) is 10.4. The van der Waals surface area contributed by atoms with Crippen molar-refractivity contribution in [3.05, 3.63) is 29.3 Å². The predicted octanol–water partition coefficient (Wildman–Crippen LogP) is 1.26. The number of nitrogens with zero attached hydrogens (tertiary/aromatic N) is 2. The maximum atomic E-state index is 11.2. The van der Waals surface area contributed by atoms with Gasteiger partial charge in [0.05, 0.1) is 11.1 Å². The molecule has 0 spiro atoms. The van der Waals surface area contributed by atoms with E-state index >= 15 is 0 Å². The van der Waals surface area contributed by atoms with Gasteiger partial charge in [-0.05, 0) is 43.9 Å². The molecule has 2 N–H and O–H groups in total. The van der Waals surface area contributed by atoms with Crippen molar-refractivity contribution in [1.29, 1.82) is 5.26 Å². The molecule has 1 saturated heterocycles. The predicted molar refractivity (Wildman–Crippen MR) is 110 cm³/mol. The Morgan fingerprint density at radius 2 is 1.77 bits per heavy atom. The third-order valence-electron chi connectivity index (χ3n) is 5.20. The van der Waals surface area contributed by atoms with E-state index in [9.17, 15) is 15.2 Å². The number of unbranched alkanes of at least 4 members (excludes halogenated alkanes) is 2. The van der Waals surface area contributed by atoms with Crippen molar-refractivity contribution in [1.82, 2.24) is 0 Å². The van der Waals surface area contributed by atoms with E-state index in [0.717, 1.165) is 70.5 Å². The molecule has 0 unspecified atom stereocenters. The van der Waals surface area contributed by atoms with Crippen LogP contribution in [0.2, 0.25) is 0 Å². The summed E-state index contributed by atoms with van der Waals surface area (Å²) in [5, 5.41) is 18.4. The van der Waals surface area contributed by atoms with E-state index in [0.29, 0.717) is 5.92 Å². The van der Waals surface area contributed by atoms with Crippen LogP contribution in [0, 0.1) is 17.2 Å². The van der Waals surface area contributed by atoms with Crippen LogP contribution in [-0.4, -0.2) is 49.1 Å². The van der Waals surface area contributed by atoms with Crippen molar-refractivity contribution in [2.24, 2.45) is 5.92 Å². The standard InChI is InChI=1S/C22H32N2O4.Li.H2O/c1-3-5-13-27-22(28-14-6-4-2)17-9-11-24(12-10-17)19-7-8-20(21(25)26)18(15-19)16-23;;/h7-8,15,17,22H,3-6,9-14H2,1-2H3,(H,25,26);;1H2/q;+1;/p-1. The van der Waals surface area contributed by atoms with E-state index < -0.39 is 5.97 Å². The molecule has 2 rings (SSSR count). The molecule has 0 aliphatic carbocycles. The summed E-state index contributed by atoms with van der Waals surface area (Å²) in [4.78, 5) is 13.4. The number of anilines is 1. The summed E-state index contributed by atoms with van der Waals surface area (Å²) in [5.41, 5.74) is 1.15. The summed E-state index contributed by atoms with van der Waals surface area (Å²) in [6.07, 6.45) is 6.04. The second kappa shape index (κ2) is 15.3. The van der Waals surface area contributed by atoms with Gasteiger partial charge in [-0.15, -0.1) is 0 Å². The van der Waals surface area contributed by atoms with Crippen LogP contribution in [0.5, 0.6) is 0 Å². The third-order valence-corrected chi connectivity index (χ3v) is 5.20. The Bertz CT molecular complexity index is 662. The normalized spacial score (nSPS) is 14.0. The first-order chi connectivity index (χ1) is 13.6. The molecule has 0 amide bonds. The zero-order valence-electron chi connectivity index (χ0n) is 18.5. The van der Waals surface area contributed by atoms with Gasteiger partial charge in [0.1, 0.15) is 6.07 Å². The number of aromatic carboxylic acids is 1. The number of benzene rings is 1. The summed E-state index contributed by atoms with van der Waals surface area (Å²) in [5.74, 6) is -0.711. The van der Waals surface area contributed by atoms with Crippen LogP contribution in [0.25, 0.3) is 0 Å². The van der Waals surface area contributed by atoms with Crippen LogP contribution in [0.4, 0.5) is 5.69 Å². The van der Waals surface area contributed by atoms with E-state index in [2.05, 4.69) is 18.7 Å². The van der Waals surface area contributed by atoms with Crippen molar-refractivity contribution >= 4 is 11.7 Å². The number of ether oxygens (including phenoxy) is 2. The van der Waals surface area contributed by atoms with Crippen molar-refractivity contribution in [3.8, 4) is 6.07 Å². The maximum absolute atomic E-state index is 11.2. The minimum Gasteiger partial charge on any atom is -0.870 e. The van der Waals surface area contributed by atoms with Gasteiger partial charge in [0, 0.05) is 37.9 Å². The molecule has 1 heterocycles. The molecule has 0 atom stereocenters. The Balaban J connectivity index is 0.00000420. The minimum atomic E-state index is -1.07. The van der Waals surface area contributed by atoms with E-state index in [1.807, 2.05) is 6.07 Å². The Morgan fingerprint density at radius 1 is 1.20 bits per heavy atom. The molecule has 8 heteroatoms. The van der Waals surface area contributed by atoms with Crippen molar-refractivity contribution in [3.63, 3.8) is 0 Å². The molecule has 0 aromatic heterocycles. The molecular formula is C22H33LiN2O5. The molecule has 1 aliphatic heterocycles. The van der Waals surface area contributed by atoms with Crippen LogP contribution < -0.4 is 23.8 Å². The minimum absolute atomic E-state index is 0. The molecule has 0 bridgehead atoms. The number of nitriles is 1. The molecule has 1 aromatic carbocycles. The van der Waals surface area contributed by atoms with Crippen LogP contribution in [0.1, 0.15) is 68.3 Å². The number of carboxylic acids is 1. The summed E-state index contributed by atoms with van der Waals surface area (Å²) in [6.45, 7) is 7.45. The average Bonchev–Trinajstić information content (AvgIpc) is 2.72. The van der Waals surface area contributed by atoms with Gasteiger partial charge in [-0.2, -0.15) is 5.26 Å². The van der Waals surface area contributed by atoms with Gasteiger partial charge in [-0.1, -0.05) is 26.7 Å². The summed E-state index contributed by atoms with van der Waals surface area (Å²) in [6, 6.07) is 6.98. The number of carbonyl (C=O) groups is 1. The monoisotopic (exact) mass is 412 g/mol. The SMILES string of the molecule is CCCCOC(OCCCC)C1CCN(c2ccc(C(=O)O)c(C#N)c2)CC1.[Li+].[OH-]. The Hall–Kier alpha value is -1.54. The topological polar surface area (TPSA) is 113 Å². The van der Waals surface area contributed by atoms with Gasteiger partial charge in [0.25, 0.3) is 0 Å². The third kappa shape index (κ3) is 8.30. The molecule has 0 radical (unpaired) electrons. The van der Waals surface area contributed by atoms with Crippen LogP contribution in [0.15, 0.2) is 18.2 Å². The molecule has 30 heavy (non-hydrogen) atoms. The second-order valence-electron chi connectivity index (χ2n) is 7.29. The van der Waals surface area contributed by atoms with Crippen molar-refractivity contribution < 1.29 is 43.7 Å². The zero-order valence-corrected chi connectivity index (χ0v) is 18.5. The molecule has 1 aromatic rings. The second-order valence-corrected chi connectivity index (χ2v) is 7.29. The Morgan fingerprint density at radius 3 is 2.23 bits per heavy atom. The van der Waals surface area contributed by atoms with Gasteiger partial charge >= 0.3 is 24.8 Å². The number of rotatable bonds is 11. The van der Waals surface area contributed by atoms with Gasteiger partial charge < -0.3 is 25.0 Å². The Labute approximate surface area is 191 Å². The number of carboxylic acid groups (broad SMARTS) is 1. The van der Waals surface area contributed by atoms with Crippen LogP contribution >= 0.6 is 0 Å². The van der Waals surface area contributed by atoms with Gasteiger partial charge in [0.15, 0.2) is 6.29 Å². The van der Waals surface area contributed by atoms with E-state index in [4.69, 9.17) is 9.47 Å². The fraction of sp³-hybridized carbons (Fsp3) is 0.636. The van der Waals surface area contributed by atoms with E-state index in [1.54, 1.807) is 12.1 Å². The van der Waals surface area contributed by atoms with Crippen molar-refractivity contribution in [2.75, 3.05) is 31.2 Å². The summed E-state index contributed by atoms with van der Waals surface area (Å²) >= 11 is 0. The Kier molecular flexibility index (Phi) is 14.5. The molecule has 162 valence electrons. The summed E-state index contributed by atoms with van der Waals surface area (Å²) in [7, 11) is 0. The number of hydrogen-bond acceptors (Lipinski definition) is 6. The average molecular weight is 412 g/mol. The largest absolute Gasteiger partial charge is 1.00 e. The van der Waals surface area contributed by atoms with Gasteiger partial charge in [-0.3, -0.25) is 0 Å². The van der Waals surface area contributed by atoms with E-state index in [1.165, 1.54) is 6.07 Å². The molecule has 7 nitrogen and oxygen atoms in total. The first-order valence-corrected chi connectivity index (χ1v) is 10.4. The van der Waals surface area contributed by atoms with Crippen LogP contribution in [0.3, 0.4) is 0 Å². The smallest absolute Gasteiger partial charge is 0.870 e. The number of hydrogen-bond donors (Lipinski definition) is 1. The summed E-state index contributed by atoms with van der Waals surface area (Å²) < 4.78 is 12.1. The molecular weight excluding hydrogens is 379 g/mol. The van der Waals surface area contributed by atoms with Gasteiger partial charge in [-0.25, -0.2) is 4.79 Å². The fourth-order valence-electron chi connectivity index (χ4n) is 3.45. The number of piperidine rings is 1. The van der Waals surface area contributed by atoms with Gasteiger partial charge in [0.2, 0.25) is 0 Å². The molecule has 1 aliphatic rings. The first kappa shape index (κ1) is 28.5. The fourth-order valence-corrected chi connectivity index (χ4v) is 3.45. The molecule has 0 saturated carbocycles. The quantitative estimate of drug-likeness (QED) is 0.331. The van der Waals surface area contributed by atoms with Crippen molar-refractivity contribution in [2.45, 2.75) is 58.7 Å². The zero-order chi connectivity index (χ0) is 20.4. The maximum Gasteiger partial charge on any atom is 1.00 e.